The summed E-state index contributed by atoms with van der Waals surface area (Å²) in [5, 5.41) is 35.7. The van der Waals surface area contributed by atoms with Gasteiger partial charge in [0.25, 0.3) is 0 Å². The summed E-state index contributed by atoms with van der Waals surface area (Å²) in [6.45, 7) is 1.03. The van der Waals surface area contributed by atoms with Crippen LogP contribution in [0.3, 0.4) is 0 Å². The number of aromatic hydroxyl groups is 2. The van der Waals surface area contributed by atoms with Gasteiger partial charge >= 0.3 is 5.97 Å². The van der Waals surface area contributed by atoms with Crippen LogP contribution in [-0.4, -0.2) is 63.7 Å². The number of aliphatic carboxylic acids is 1. The van der Waals surface area contributed by atoms with Crippen LogP contribution < -0.4 is 21.7 Å². The van der Waals surface area contributed by atoms with E-state index in [-0.39, 0.29) is 24.3 Å². The first kappa shape index (κ1) is 26.1. The van der Waals surface area contributed by atoms with Gasteiger partial charge in [0.05, 0.1) is 12.6 Å². The third-order valence-electron chi connectivity index (χ3n) is 4.86. The maximum absolute atomic E-state index is 13.0. The Morgan fingerprint density at radius 2 is 1.26 bits per heavy atom. The molecule has 0 aliphatic carbocycles. The Kier molecular flexibility index (Phi) is 9.38. The van der Waals surface area contributed by atoms with Crippen molar-refractivity contribution in [2.45, 2.75) is 37.9 Å². The molecule has 0 saturated carbocycles. The Hall–Kier alpha value is -4.12. The summed E-state index contributed by atoms with van der Waals surface area (Å²) in [7, 11) is 0. The molecular formula is C23H28N4O7. The lowest BCUT2D eigenvalue weighted by atomic mass is 10.0. The first-order valence-corrected chi connectivity index (χ1v) is 10.5. The maximum Gasteiger partial charge on any atom is 0.326 e. The molecule has 3 amide bonds. The molecule has 3 atom stereocenters. The van der Waals surface area contributed by atoms with E-state index in [1.165, 1.54) is 43.3 Å². The van der Waals surface area contributed by atoms with Crippen molar-refractivity contribution in [1.29, 1.82) is 0 Å². The van der Waals surface area contributed by atoms with Gasteiger partial charge in [0.15, 0.2) is 0 Å². The number of rotatable bonds is 11. The summed E-state index contributed by atoms with van der Waals surface area (Å²) in [6, 6.07) is 8.55. The zero-order chi connectivity index (χ0) is 25.3. The number of amides is 3. The Balaban J connectivity index is 2.14. The molecule has 2 rings (SSSR count). The number of phenolic OH excluding ortho intramolecular Hbond substituents is 2. The van der Waals surface area contributed by atoms with Crippen LogP contribution in [0.5, 0.6) is 11.5 Å². The van der Waals surface area contributed by atoms with Crippen molar-refractivity contribution < 1.29 is 34.5 Å². The molecule has 0 aliphatic heterocycles. The van der Waals surface area contributed by atoms with Crippen LogP contribution in [0.25, 0.3) is 0 Å². The molecule has 8 N–H and O–H groups in total. The normalized spacial score (nSPS) is 13.2. The SMILES string of the molecule is CC(N)C(=O)NCC(=O)NC(Cc1ccc(O)cc1)C(=O)NC(Cc1ccc(O)cc1)C(=O)O. The van der Waals surface area contributed by atoms with Crippen LogP contribution >= 0.6 is 0 Å². The van der Waals surface area contributed by atoms with Crippen molar-refractivity contribution >= 4 is 23.7 Å². The lowest BCUT2D eigenvalue weighted by molar-refractivity contribution is -0.142. The largest absolute Gasteiger partial charge is 0.508 e. The molecule has 0 bridgehead atoms. The number of nitrogens with one attached hydrogen (secondary N) is 3. The molecule has 3 unspecified atom stereocenters. The van der Waals surface area contributed by atoms with Crippen LogP contribution in [0.2, 0.25) is 0 Å². The lowest BCUT2D eigenvalue weighted by Gasteiger charge is -2.22. The fraction of sp³-hybridized carbons (Fsp3) is 0.304. The van der Waals surface area contributed by atoms with E-state index >= 15 is 0 Å². The monoisotopic (exact) mass is 472 g/mol. The zero-order valence-corrected chi connectivity index (χ0v) is 18.5. The standard InChI is InChI=1S/C23H28N4O7/c1-13(24)21(31)25-12-20(30)26-18(10-14-2-6-16(28)7-3-14)22(32)27-19(23(33)34)11-15-4-8-17(29)9-5-15/h2-9,13,18-19,28-29H,10-12,24H2,1H3,(H,25,31)(H,26,30)(H,27,32)(H,33,34). The van der Waals surface area contributed by atoms with Crippen molar-refractivity contribution in [1.82, 2.24) is 16.0 Å². The summed E-state index contributed by atoms with van der Waals surface area (Å²) < 4.78 is 0. The number of carboxylic acids is 1. The zero-order valence-electron chi connectivity index (χ0n) is 18.5. The van der Waals surface area contributed by atoms with Crippen molar-refractivity contribution in [3.05, 3.63) is 59.7 Å². The van der Waals surface area contributed by atoms with Gasteiger partial charge in [0.2, 0.25) is 17.7 Å². The molecule has 0 aromatic heterocycles. The summed E-state index contributed by atoms with van der Waals surface area (Å²) in [5.74, 6) is -3.20. The molecule has 34 heavy (non-hydrogen) atoms. The van der Waals surface area contributed by atoms with E-state index in [0.29, 0.717) is 11.1 Å². The Morgan fingerprint density at radius 1 is 0.794 bits per heavy atom. The highest BCUT2D eigenvalue weighted by Crippen LogP contribution is 2.13. The number of carboxylic acid groups (broad SMARTS) is 1. The number of hydrogen-bond donors (Lipinski definition) is 7. The van der Waals surface area contributed by atoms with E-state index in [4.69, 9.17) is 5.73 Å². The van der Waals surface area contributed by atoms with Gasteiger partial charge in [-0.3, -0.25) is 14.4 Å². The molecule has 11 heteroatoms. The highest BCUT2D eigenvalue weighted by Gasteiger charge is 2.27. The highest BCUT2D eigenvalue weighted by atomic mass is 16.4. The second kappa shape index (κ2) is 12.2. The predicted octanol–water partition coefficient (Wildman–Crippen LogP) is -0.599. The van der Waals surface area contributed by atoms with E-state index in [9.17, 15) is 34.5 Å². The first-order valence-electron chi connectivity index (χ1n) is 10.5. The smallest absolute Gasteiger partial charge is 0.326 e. The van der Waals surface area contributed by atoms with Crippen molar-refractivity contribution in [2.24, 2.45) is 5.73 Å². The van der Waals surface area contributed by atoms with Gasteiger partial charge < -0.3 is 37.0 Å². The number of nitrogens with two attached hydrogens (primary N) is 1. The third kappa shape index (κ3) is 8.43. The third-order valence-corrected chi connectivity index (χ3v) is 4.86. The van der Waals surface area contributed by atoms with E-state index in [2.05, 4.69) is 16.0 Å². The van der Waals surface area contributed by atoms with Crippen LogP contribution in [0, 0.1) is 0 Å². The minimum absolute atomic E-state index is 0.00460. The molecule has 0 fully saturated rings. The number of carbonyl (C=O) groups is 4. The molecule has 182 valence electrons. The topological polar surface area (TPSA) is 191 Å². The average Bonchev–Trinajstić information content (AvgIpc) is 2.79. The Labute approximate surface area is 196 Å². The molecule has 2 aromatic carbocycles. The molecular weight excluding hydrogens is 444 g/mol. The highest BCUT2D eigenvalue weighted by molar-refractivity contribution is 5.92. The number of carbonyl (C=O) groups excluding carboxylic acids is 3. The Bertz CT molecular complexity index is 1010. The minimum atomic E-state index is -1.30. The van der Waals surface area contributed by atoms with Gasteiger partial charge in [-0.25, -0.2) is 4.79 Å². The number of benzene rings is 2. The molecule has 0 saturated heterocycles. The number of hydrogen-bond acceptors (Lipinski definition) is 7. The first-order chi connectivity index (χ1) is 16.0. The maximum atomic E-state index is 13.0. The van der Waals surface area contributed by atoms with Gasteiger partial charge in [0.1, 0.15) is 23.6 Å². The van der Waals surface area contributed by atoms with Gasteiger partial charge in [0, 0.05) is 12.8 Å². The Morgan fingerprint density at radius 3 is 1.71 bits per heavy atom. The second-order valence-corrected chi connectivity index (χ2v) is 7.77. The van der Waals surface area contributed by atoms with Crippen molar-refractivity contribution in [2.75, 3.05) is 6.54 Å². The summed E-state index contributed by atoms with van der Waals surface area (Å²) in [6.07, 6.45) is -0.0453. The number of phenols is 2. The predicted molar refractivity (Wildman–Crippen MR) is 122 cm³/mol. The fourth-order valence-corrected chi connectivity index (χ4v) is 2.99. The molecule has 0 radical (unpaired) electrons. The lowest BCUT2D eigenvalue weighted by Crippen LogP contribution is -2.54. The van der Waals surface area contributed by atoms with E-state index in [0.717, 1.165) is 0 Å². The van der Waals surface area contributed by atoms with Crippen LogP contribution in [0.4, 0.5) is 0 Å². The molecule has 0 aliphatic rings. The van der Waals surface area contributed by atoms with Gasteiger partial charge in [-0.15, -0.1) is 0 Å². The summed E-state index contributed by atoms with van der Waals surface area (Å²) >= 11 is 0. The van der Waals surface area contributed by atoms with Gasteiger partial charge in [-0.05, 0) is 42.3 Å². The minimum Gasteiger partial charge on any atom is -0.508 e. The van der Waals surface area contributed by atoms with Crippen molar-refractivity contribution in [3.8, 4) is 11.5 Å². The fourth-order valence-electron chi connectivity index (χ4n) is 2.99. The van der Waals surface area contributed by atoms with Crippen LogP contribution in [-0.2, 0) is 32.0 Å². The van der Waals surface area contributed by atoms with E-state index in [1.54, 1.807) is 12.1 Å². The quantitative estimate of drug-likeness (QED) is 0.225. The van der Waals surface area contributed by atoms with E-state index < -0.39 is 48.4 Å². The van der Waals surface area contributed by atoms with Crippen molar-refractivity contribution in [3.63, 3.8) is 0 Å². The summed E-state index contributed by atoms with van der Waals surface area (Å²) in [4.78, 5) is 48.7. The van der Waals surface area contributed by atoms with Crippen LogP contribution in [0.1, 0.15) is 18.1 Å². The summed E-state index contributed by atoms with van der Waals surface area (Å²) in [5.41, 5.74) is 6.62. The molecule has 11 nitrogen and oxygen atoms in total. The van der Waals surface area contributed by atoms with E-state index in [1.807, 2.05) is 0 Å². The average molecular weight is 472 g/mol. The second-order valence-electron chi connectivity index (χ2n) is 7.77. The van der Waals surface area contributed by atoms with Gasteiger partial charge in [-0.1, -0.05) is 24.3 Å². The van der Waals surface area contributed by atoms with Crippen LogP contribution in [0.15, 0.2) is 48.5 Å². The molecule has 2 aromatic rings. The molecule has 0 heterocycles. The molecule has 0 spiro atoms. The van der Waals surface area contributed by atoms with Gasteiger partial charge in [-0.2, -0.15) is 0 Å².